The number of phenolic OH excluding ortho intramolecular Hbond substituents is 1. The van der Waals surface area contributed by atoms with Gasteiger partial charge in [0.15, 0.2) is 0 Å². The smallest absolute Gasteiger partial charge is 0.433 e. The Morgan fingerprint density at radius 2 is 1.88 bits per heavy atom. The van der Waals surface area contributed by atoms with Gasteiger partial charge in [-0.25, -0.2) is 9.97 Å². The molecule has 0 spiro atoms. The fourth-order valence-corrected chi connectivity index (χ4v) is 3.64. The van der Waals surface area contributed by atoms with Crippen LogP contribution in [0.2, 0.25) is 0 Å². The molecule has 1 amide bonds. The van der Waals surface area contributed by atoms with Crippen molar-refractivity contribution in [2.75, 3.05) is 11.6 Å². The van der Waals surface area contributed by atoms with Crippen molar-refractivity contribution in [3.05, 3.63) is 65.5 Å². The summed E-state index contributed by atoms with van der Waals surface area (Å²) in [6.07, 6.45) is -2.63. The second-order valence-corrected chi connectivity index (χ2v) is 7.86. The monoisotopic (exact) mass is 458 g/mol. The lowest BCUT2D eigenvalue weighted by molar-refractivity contribution is -0.141. The molecule has 10 heteroatoms. The van der Waals surface area contributed by atoms with Crippen molar-refractivity contribution >= 4 is 34.4 Å². The number of anilines is 1. The third-order valence-electron chi connectivity index (χ3n) is 4.82. The number of halogens is 3. The van der Waals surface area contributed by atoms with E-state index in [1.807, 2.05) is 24.5 Å². The van der Waals surface area contributed by atoms with E-state index >= 15 is 0 Å². The van der Waals surface area contributed by atoms with Crippen LogP contribution in [0, 0.1) is 6.92 Å². The molecule has 0 atom stereocenters. The molecule has 6 nitrogen and oxygen atoms in total. The highest BCUT2D eigenvalue weighted by Gasteiger charge is 2.33. The summed E-state index contributed by atoms with van der Waals surface area (Å²) in [5, 5.41) is 13.0. The number of aromatic amines is 1. The molecule has 0 aliphatic rings. The van der Waals surface area contributed by atoms with Crippen LogP contribution in [0.1, 0.15) is 21.7 Å². The van der Waals surface area contributed by atoms with Gasteiger partial charge in [-0.15, -0.1) is 11.8 Å². The van der Waals surface area contributed by atoms with Gasteiger partial charge < -0.3 is 15.4 Å². The second-order valence-electron chi connectivity index (χ2n) is 6.98. The maximum Gasteiger partial charge on any atom is 0.433 e. The molecule has 2 aromatic heterocycles. The number of fused-ring (bicyclic) bond motifs is 1. The lowest BCUT2D eigenvalue weighted by Crippen LogP contribution is -2.16. The molecular weight excluding hydrogens is 441 g/mol. The molecule has 3 N–H and O–H groups in total. The summed E-state index contributed by atoms with van der Waals surface area (Å²) < 4.78 is 38.4. The Morgan fingerprint density at radius 3 is 2.56 bits per heavy atom. The molecule has 0 fully saturated rings. The number of carbonyl (C=O) groups excluding carboxylic acids is 1. The number of aryl methyl sites for hydroxylation is 1. The van der Waals surface area contributed by atoms with Crippen LogP contribution in [-0.4, -0.2) is 32.2 Å². The number of thioether (sulfide) groups is 1. The molecule has 0 saturated heterocycles. The Labute approximate surface area is 184 Å². The number of rotatable bonds is 4. The molecule has 0 unspecified atom stereocenters. The molecule has 0 saturated carbocycles. The largest absolute Gasteiger partial charge is 0.507 e. The van der Waals surface area contributed by atoms with Crippen molar-refractivity contribution in [1.82, 2.24) is 15.0 Å². The Balaban J connectivity index is 1.63. The fourth-order valence-electron chi connectivity index (χ4n) is 3.20. The molecule has 4 rings (SSSR count). The standard InChI is InChI=1S/C22H17F3N4O2S/c1-11-14(5-8-19(26-11)22(23,24)25)21(31)27-12-3-7-18(30)15(9-12)20-28-16-6-4-13(32-2)10-17(16)29-20/h3-10,30H,1-2H3,(H,27,31)(H,28,29). The van der Waals surface area contributed by atoms with E-state index in [-0.39, 0.29) is 17.0 Å². The molecule has 0 radical (unpaired) electrons. The quantitative estimate of drug-likeness (QED) is 0.272. The van der Waals surface area contributed by atoms with Gasteiger partial charge >= 0.3 is 6.18 Å². The highest BCUT2D eigenvalue weighted by atomic mass is 32.2. The second kappa shape index (κ2) is 8.19. The van der Waals surface area contributed by atoms with Crippen LogP contribution >= 0.6 is 11.8 Å². The number of nitrogens with zero attached hydrogens (tertiary/aromatic N) is 2. The zero-order chi connectivity index (χ0) is 23.0. The van der Waals surface area contributed by atoms with E-state index in [1.165, 1.54) is 25.1 Å². The topological polar surface area (TPSA) is 90.9 Å². The summed E-state index contributed by atoms with van der Waals surface area (Å²) >= 11 is 1.59. The normalized spacial score (nSPS) is 11.7. The predicted molar refractivity (Wildman–Crippen MR) is 117 cm³/mol. The number of carbonyl (C=O) groups is 1. The number of hydrogen-bond donors (Lipinski definition) is 3. The van der Waals surface area contributed by atoms with Crippen LogP contribution in [0.4, 0.5) is 18.9 Å². The Kier molecular flexibility index (Phi) is 5.55. The molecule has 4 aromatic rings. The number of aromatic hydroxyl groups is 1. The van der Waals surface area contributed by atoms with E-state index in [0.29, 0.717) is 17.1 Å². The van der Waals surface area contributed by atoms with E-state index in [4.69, 9.17) is 0 Å². The average molecular weight is 458 g/mol. The van der Waals surface area contributed by atoms with Crippen molar-refractivity contribution < 1.29 is 23.1 Å². The van der Waals surface area contributed by atoms with Crippen LogP contribution < -0.4 is 5.32 Å². The molecule has 2 aromatic carbocycles. The summed E-state index contributed by atoms with van der Waals surface area (Å²) in [6, 6.07) is 12.0. The maximum atomic E-state index is 12.8. The van der Waals surface area contributed by atoms with Crippen molar-refractivity contribution in [2.24, 2.45) is 0 Å². The third-order valence-corrected chi connectivity index (χ3v) is 5.54. The number of hydrogen-bond acceptors (Lipinski definition) is 5. The number of nitrogens with one attached hydrogen (secondary N) is 2. The molecule has 0 aliphatic carbocycles. The van der Waals surface area contributed by atoms with Gasteiger partial charge in [-0.05, 0) is 61.7 Å². The van der Waals surface area contributed by atoms with E-state index in [9.17, 15) is 23.1 Å². The highest BCUT2D eigenvalue weighted by molar-refractivity contribution is 7.98. The lowest BCUT2D eigenvalue weighted by Gasteiger charge is -2.11. The van der Waals surface area contributed by atoms with Crippen LogP contribution in [0.5, 0.6) is 5.75 Å². The van der Waals surface area contributed by atoms with Gasteiger partial charge in [-0.3, -0.25) is 4.79 Å². The Bertz CT molecular complexity index is 1330. The van der Waals surface area contributed by atoms with Crippen LogP contribution in [0.25, 0.3) is 22.4 Å². The number of aromatic nitrogens is 3. The van der Waals surface area contributed by atoms with E-state index in [2.05, 4.69) is 20.3 Å². The number of alkyl halides is 3. The zero-order valence-corrected chi connectivity index (χ0v) is 17.7. The summed E-state index contributed by atoms with van der Waals surface area (Å²) in [4.78, 5) is 24.8. The Morgan fingerprint density at radius 1 is 1.09 bits per heavy atom. The number of pyridine rings is 1. The molecule has 0 aliphatic heterocycles. The number of amides is 1. The first-order valence-corrected chi connectivity index (χ1v) is 10.6. The predicted octanol–water partition coefficient (Wildman–Crippen LogP) is 5.63. The summed E-state index contributed by atoms with van der Waals surface area (Å²) in [6.45, 7) is 1.34. The highest BCUT2D eigenvalue weighted by Crippen LogP contribution is 2.33. The molecule has 32 heavy (non-hydrogen) atoms. The molecule has 2 heterocycles. The first kappa shape index (κ1) is 21.7. The van der Waals surface area contributed by atoms with E-state index < -0.39 is 17.8 Å². The van der Waals surface area contributed by atoms with E-state index in [0.717, 1.165) is 28.1 Å². The number of phenols is 1. The van der Waals surface area contributed by atoms with E-state index in [1.54, 1.807) is 11.8 Å². The van der Waals surface area contributed by atoms with Gasteiger partial charge in [0.1, 0.15) is 17.3 Å². The van der Waals surface area contributed by atoms with Crippen molar-refractivity contribution in [1.29, 1.82) is 0 Å². The molecule has 164 valence electrons. The van der Waals surface area contributed by atoms with Gasteiger partial charge in [0.2, 0.25) is 0 Å². The number of benzene rings is 2. The molecule has 0 bridgehead atoms. The van der Waals surface area contributed by atoms with Crippen molar-refractivity contribution in [2.45, 2.75) is 18.0 Å². The Hall–Kier alpha value is -3.53. The molecular formula is C22H17F3N4O2S. The average Bonchev–Trinajstić information content (AvgIpc) is 3.17. The lowest BCUT2D eigenvalue weighted by atomic mass is 10.1. The first-order chi connectivity index (χ1) is 15.2. The minimum Gasteiger partial charge on any atom is -0.507 e. The maximum absolute atomic E-state index is 12.8. The first-order valence-electron chi connectivity index (χ1n) is 9.39. The SMILES string of the molecule is CSc1ccc2nc(-c3cc(NC(=O)c4ccc(C(F)(F)F)nc4C)ccc3O)[nH]c2c1. The minimum absolute atomic E-state index is 0.0148. The number of H-pyrrole nitrogens is 1. The van der Waals surface area contributed by atoms with Gasteiger partial charge in [0, 0.05) is 10.6 Å². The van der Waals surface area contributed by atoms with Crippen LogP contribution in [-0.2, 0) is 6.18 Å². The summed E-state index contributed by atoms with van der Waals surface area (Å²) in [7, 11) is 0. The van der Waals surface area contributed by atoms with Crippen LogP contribution in [0.15, 0.2) is 53.4 Å². The van der Waals surface area contributed by atoms with Crippen molar-refractivity contribution in [3.63, 3.8) is 0 Å². The van der Waals surface area contributed by atoms with Gasteiger partial charge in [0.05, 0.1) is 27.9 Å². The van der Waals surface area contributed by atoms with Gasteiger partial charge in [-0.2, -0.15) is 13.2 Å². The zero-order valence-electron chi connectivity index (χ0n) is 16.9. The third kappa shape index (κ3) is 4.26. The van der Waals surface area contributed by atoms with Crippen LogP contribution in [0.3, 0.4) is 0 Å². The van der Waals surface area contributed by atoms with Gasteiger partial charge in [-0.1, -0.05) is 0 Å². The minimum atomic E-state index is -4.59. The number of imidazole rings is 1. The van der Waals surface area contributed by atoms with Gasteiger partial charge in [0.25, 0.3) is 5.91 Å². The summed E-state index contributed by atoms with van der Waals surface area (Å²) in [5.74, 6) is -0.242. The summed E-state index contributed by atoms with van der Waals surface area (Å²) in [5.41, 5.74) is 1.14. The fraction of sp³-hybridized carbons (Fsp3) is 0.136. The van der Waals surface area contributed by atoms with Crippen molar-refractivity contribution in [3.8, 4) is 17.1 Å².